The summed E-state index contributed by atoms with van der Waals surface area (Å²) in [4.78, 5) is 19.1. The Morgan fingerprint density at radius 1 is 1.45 bits per heavy atom. The van der Waals surface area contributed by atoms with E-state index >= 15 is 0 Å². The van der Waals surface area contributed by atoms with E-state index in [1.165, 1.54) is 0 Å². The molecule has 2 unspecified atom stereocenters. The van der Waals surface area contributed by atoms with E-state index in [0.717, 1.165) is 12.8 Å². The first kappa shape index (κ1) is 17.2. The third-order valence-corrected chi connectivity index (χ3v) is 3.76. The van der Waals surface area contributed by atoms with Crippen molar-refractivity contribution in [2.75, 3.05) is 13.2 Å². The van der Waals surface area contributed by atoms with Gasteiger partial charge in [0.25, 0.3) is 0 Å². The monoisotopic (exact) mass is 286 g/mol. The van der Waals surface area contributed by atoms with Gasteiger partial charge in [0.15, 0.2) is 0 Å². The molecule has 0 bridgehead atoms. The molecule has 1 rings (SSSR count). The number of piperidine rings is 1. The molecule has 1 heterocycles. The van der Waals surface area contributed by atoms with Gasteiger partial charge >= 0.3 is 6.09 Å². The van der Waals surface area contributed by atoms with Crippen molar-refractivity contribution in [1.29, 1.82) is 0 Å². The Labute approximate surface area is 122 Å². The molecule has 20 heavy (non-hydrogen) atoms. The van der Waals surface area contributed by atoms with E-state index in [9.17, 15) is 4.79 Å². The normalized spacial score (nSPS) is 24.4. The average Bonchev–Trinajstić information content (AvgIpc) is 2.25. The van der Waals surface area contributed by atoms with Gasteiger partial charge in [0.1, 0.15) is 5.60 Å². The van der Waals surface area contributed by atoms with Gasteiger partial charge < -0.3 is 14.5 Å². The van der Waals surface area contributed by atoms with Crippen molar-refractivity contribution in [2.24, 2.45) is 17.2 Å². The minimum absolute atomic E-state index is 0.122. The summed E-state index contributed by atoms with van der Waals surface area (Å²) in [5.74, 6) is 5.38. The Morgan fingerprint density at radius 3 is 2.55 bits per heavy atom. The van der Waals surface area contributed by atoms with Crippen molar-refractivity contribution in [1.82, 2.24) is 4.90 Å². The number of likely N-dealkylation sites (tertiary alicyclic amines) is 1. The molecule has 0 aromatic carbocycles. The van der Waals surface area contributed by atoms with Gasteiger partial charge in [-0.1, -0.05) is 20.8 Å². The fraction of sp³-hybridized carbons (Fsp3) is 0.933. The number of nitrogens with zero attached hydrogens (tertiary/aromatic N) is 1. The van der Waals surface area contributed by atoms with Crippen LogP contribution in [0.25, 0.3) is 0 Å². The van der Waals surface area contributed by atoms with Gasteiger partial charge in [-0.3, -0.25) is 0 Å². The van der Waals surface area contributed by atoms with Crippen LogP contribution in [0.2, 0.25) is 0 Å². The van der Waals surface area contributed by atoms with Crippen LogP contribution in [0.5, 0.6) is 0 Å². The Hall–Kier alpha value is -0.810. The minimum Gasteiger partial charge on any atom is -0.444 e. The molecule has 1 saturated heterocycles. The highest BCUT2D eigenvalue weighted by atomic mass is 16.6. The van der Waals surface area contributed by atoms with Crippen LogP contribution in [-0.2, 0) is 9.57 Å². The quantitative estimate of drug-likeness (QED) is 0.810. The van der Waals surface area contributed by atoms with Gasteiger partial charge in [0.05, 0.1) is 6.61 Å². The number of nitrogens with two attached hydrogens (primary N) is 1. The van der Waals surface area contributed by atoms with Gasteiger partial charge in [-0.15, -0.1) is 0 Å². The minimum atomic E-state index is -0.475. The topological polar surface area (TPSA) is 64.8 Å². The van der Waals surface area contributed by atoms with Gasteiger partial charge in [0, 0.05) is 18.5 Å². The van der Waals surface area contributed by atoms with E-state index in [0.29, 0.717) is 13.2 Å². The molecule has 118 valence electrons. The van der Waals surface area contributed by atoms with Crippen LogP contribution in [0.1, 0.15) is 54.4 Å². The van der Waals surface area contributed by atoms with E-state index in [2.05, 4.69) is 20.8 Å². The molecule has 5 nitrogen and oxygen atoms in total. The maximum absolute atomic E-state index is 12.5. The highest BCUT2D eigenvalue weighted by Gasteiger charge is 2.39. The lowest BCUT2D eigenvalue weighted by molar-refractivity contribution is -0.0274. The third kappa shape index (κ3) is 4.94. The van der Waals surface area contributed by atoms with E-state index in [1.54, 1.807) is 0 Å². The molecule has 5 heteroatoms. The van der Waals surface area contributed by atoms with Gasteiger partial charge in [-0.25, -0.2) is 10.7 Å². The van der Waals surface area contributed by atoms with Gasteiger partial charge in [-0.05, 0) is 39.0 Å². The fourth-order valence-electron chi connectivity index (χ4n) is 2.73. The summed E-state index contributed by atoms with van der Waals surface area (Å²) >= 11 is 0. The number of hydrogen-bond acceptors (Lipinski definition) is 4. The predicted molar refractivity (Wildman–Crippen MR) is 79.0 cm³/mol. The van der Waals surface area contributed by atoms with E-state index in [1.807, 2.05) is 25.7 Å². The molecule has 1 aliphatic rings. The standard InChI is InChI=1S/C15H30N2O3/c1-11(9-19-16)12-7-8-15(5,6)10-17(12)13(18)20-14(2,3)4/h11-12H,7-10,16H2,1-6H3. The molecule has 0 saturated carbocycles. The van der Waals surface area contributed by atoms with Crippen molar-refractivity contribution in [3.63, 3.8) is 0 Å². The maximum atomic E-state index is 12.5. The Kier molecular flexibility index (Phi) is 5.44. The molecule has 0 spiro atoms. The van der Waals surface area contributed by atoms with E-state index in [-0.39, 0.29) is 23.5 Å². The molecular weight excluding hydrogens is 256 g/mol. The second-order valence-electron chi connectivity index (χ2n) is 7.69. The summed E-state index contributed by atoms with van der Waals surface area (Å²) in [5.41, 5.74) is -0.354. The number of ether oxygens (including phenoxy) is 1. The number of carbonyl (C=O) groups excluding carboxylic acids is 1. The van der Waals surface area contributed by atoms with Crippen LogP contribution >= 0.6 is 0 Å². The molecule has 0 aromatic rings. The van der Waals surface area contributed by atoms with E-state index < -0.39 is 5.60 Å². The number of amides is 1. The lowest BCUT2D eigenvalue weighted by Crippen LogP contribution is -2.54. The van der Waals surface area contributed by atoms with Crippen molar-refractivity contribution in [3.8, 4) is 0 Å². The van der Waals surface area contributed by atoms with Crippen LogP contribution in [0, 0.1) is 11.3 Å². The average molecular weight is 286 g/mol. The lowest BCUT2D eigenvalue weighted by Gasteiger charge is -2.45. The second-order valence-corrected chi connectivity index (χ2v) is 7.69. The number of carbonyl (C=O) groups is 1. The molecule has 1 fully saturated rings. The highest BCUT2D eigenvalue weighted by Crippen LogP contribution is 2.35. The zero-order chi connectivity index (χ0) is 15.6. The molecule has 0 aromatic heterocycles. The Bertz CT molecular complexity index is 337. The van der Waals surface area contributed by atoms with E-state index in [4.69, 9.17) is 15.5 Å². The van der Waals surface area contributed by atoms with Crippen molar-refractivity contribution in [3.05, 3.63) is 0 Å². The zero-order valence-corrected chi connectivity index (χ0v) is 13.7. The molecule has 2 atom stereocenters. The summed E-state index contributed by atoms with van der Waals surface area (Å²) in [6.07, 6.45) is 1.81. The summed E-state index contributed by atoms with van der Waals surface area (Å²) in [6, 6.07) is 0.126. The zero-order valence-electron chi connectivity index (χ0n) is 13.7. The Morgan fingerprint density at radius 2 is 2.05 bits per heavy atom. The predicted octanol–water partition coefficient (Wildman–Crippen LogP) is 2.94. The first-order valence-corrected chi connectivity index (χ1v) is 7.37. The molecule has 2 N–H and O–H groups in total. The van der Waals surface area contributed by atoms with Crippen LogP contribution in [0.3, 0.4) is 0 Å². The second kappa shape index (κ2) is 6.31. The molecule has 1 amide bonds. The molecule has 1 aliphatic heterocycles. The maximum Gasteiger partial charge on any atom is 0.410 e. The third-order valence-electron chi connectivity index (χ3n) is 3.76. The summed E-state index contributed by atoms with van der Waals surface area (Å²) < 4.78 is 5.54. The first-order valence-electron chi connectivity index (χ1n) is 7.37. The van der Waals surface area contributed by atoms with Crippen molar-refractivity contribution in [2.45, 2.75) is 66.0 Å². The van der Waals surface area contributed by atoms with Crippen LogP contribution < -0.4 is 5.90 Å². The Balaban J connectivity index is 2.84. The van der Waals surface area contributed by atoms with Crippen molar-refractivity contribution < 1.29 is 14.4 Å². The number of rotatable bonds is 3. The van der Waals surface area contributed by atoms with Crippen molar-refractivity contribution >= 4 is 6.09 Å². The SMILES string of the molecule is CC(CON)C1CCC(C)(C)CN1C(=O)OC(C)(C)C. The van der Waals surface area contributed by atoms with Crippen LogP contribution in [-0.4, -0.2) is 35.8 Å². The fourth-order valence-corrected chi connectivity index (χ4v) is 2.73. The smallest absolute Gasteiger partial charge is 0.410 e. The van der Waals surface area contributed by atoms with Gasteiger partial charge in [-0.2, -0.15) is 0 Å². The summed E-state index contributed by atoms with van der Waals surface area (Å²) in [6.45, 7) is 13.3. The van der Waals surface area contributed by atoms with Crippen LogP contribution in [0.4, 0.5) is 4.79 Å². The molecule has 0 radical (unpaired) electrons. The highest BCUT2D eigenvalue weighted by molar-refractivity contribution is 5.68. The number of hydrogen-bond donors (Lipinski definition) is 1. The summed E-state index contributed by atoms with van der Waals surface area (Å²) in [7, 11) is 0. The van der Waals surface area contributed by atoms with Crippen LogP contribution in [0.15, 0.2) is 0 Å². The summed E-state index contributed by atoms with van der Waals surface area (Å²) in [5, 5.41) is 0. The van der Waals surface area contributed by atoms with Gasteiger partial charge in [0.2, 0.25) is 0 Å². The first-order chi connectivity index (χ1) is 9.06. The molecule has 0 aliphatic carbocycles. The lowest BCUT2D eigenvalue weighted by atomic mass is 9.78. The largest absolute Gasteiger partial charge is 0.444 e. The molecular formula is C15H30N2O3.